The lowest BCUT2D eigenvalue weighted by molar-refractivity contribution is 0.202. The first kappa shape index (κ1) is 15.5. The minimum atomic E-state index is 0. The van der Waals surface area contributed by atoms with Gasteiger partial charge >= 0.3 is 0 Å². The molecule has 1 N–H and O–H groups in total. The number of halogens is 1. The number of hydrogen-bond donors (Lipinski definition) is 1. The van der Waals surface area contributed by atoms with Crippen molar-refractivity contribution in [3.63, 3.8) is 0 Å². The fraction of sp³-hybridized carbons (Fsp3) is 0.250. The molecule has 19 heavy (non-hydrogen) atoms. The second-order valence-corrected chi connectivity index (χ2v) is 4.14. The summed E-state index contributed by atoms with van der Waals surface area (Å²) in [6.45, 7) is 3.86. The summed E-state index contributed by atoms with van der Waals surface area (Å²) >= 11 is 0. The van der Waals surface area contributed by atoms with E-state index in [1.54, 1.807) is 0 Å². The maximum Gasteiger partial charge on any atom is 0.136 e. The van der Waals surface area contributed by atoms with Crippen molar-refractivity contribution in [3.05, 3.63) is 66.2 Å². The van der Waals surface area contributed by atoms with Gasteiger partial charge in [-0.1, -0.05) is 55.5 Å². The molecule has 0 heterocycles. The van der Waals surface area contributed by atoms with Crippen molar-refractivity contribution in [2.75, 3.05) is 13.1 Å². The van der Waals surface area contributed by atoms with Gasteiger partial charge in [-0.2, -0.15) is 0 Å². The van der Waals surface area contributed by atoms with Crippen LogP contribution in [0, 0.1) is 0 Å². The molecular formula is C16H20ClNO. The van der Waals surface area contributed by atoms with Crippen LogP contribution < -0.4 is 10.1 Å². The van der Waals surface area contributed by atoms with Crippen molar-refractivity contribution in [2.24, 2.45) is 0 Å². The van der Waals surface area contributed by atoms with E-state index in [0.717, 1.165) is 18.8 Å². The van der Waals surface area contributed by atoms with E-state index in [9.17, 15) is 0 Å². The summed E-state index contributed by atoms with van der Waals surface area (Å²) in [6, 6.07) is 20.3. The summed E-state index contributed by atoms with van der Waals surface area (Å²) in [5.41, 5.74) is 1.20. The van der Waals surface area contributed by atoms with Crippen LogP contribution in [-0.2, 0) is 0 Å². The summed E-state index contributed by atoms with van der Waals surface area (Å²) in [4.78, 5) is 0. The number of rotatable bonds is 6. The molecule has 0 radical (unpaired) electrons. The van der Waals surface area contributed by atoms with Crippen molar-refractivity contribution in [2.45, 2.75) is 13.0 Å². The van der Waals surface area contributed by atoms with Crippen molar-refractivity contribution in [1.29, 1.82) is 0 Å². The van der Waals surface area contributed by atoms with Crippen LogP contribution in [0.4, 0.5) is 0 Å². The molecule has 102 valence electrons. The van der Waals surface area contributed by atoms with Crippen LogP contribution in [0.2, 0.25) is 0 Å². The third-order valence-corrected chi connectivity index (χ3v) is 2.77. The highest BCUT2D eigenvalue weighted by Crippen LogP contribution is 2.20. The van der Waals surface area contributed by atoms with Crippen molar-refractivity contribution in [1.82, 2.24) is 5.32 Å². The Bertz CT molecular complexity index is 447. The van der Waals surface area contributed by atoms with Crippen LogP contribution in [0.25, 0.3) is 0 Å². The van der Waals surface area contributed by atoms with Gasteiger partial charge in [0, 0.05) is 6.54 Å². The van der Waals surface area contributed by atoms with Gasteiger partial charge in [0.25, 0.3) is 0 Å². The lowest BCUT2D eigenvalue weighted by Crippen LogP contribution is -2.24. The van der Waals surface area contributed by atoms with Gasteiger partial charge in [-0.15, -0.1) is 12.4 Å². The zero-order valence-corrected chi connectivity index (χ0v) is 11.9. The SMILES string of the molecule is CCNCC(Oc1ccccc1)c1ccccc1.Cl. The standard InChI is InChI=1S/C16H19NO.ClH/c1-2-17-13-16(14-9-5-3-6-10-14)18-15-11-7-4-8-12-15;/h3-12,16-17H,2,13H2,1H3;1H. The van der Waals surface area contributed by atoms with E-state index in [1.807, 2.05) is 48.5 Å². The van der Waals surface area contributed by atoms with Crippen molar-refractivity contribution < 1.29 is 4.74 Å². The molecule has 2 nitrogen and oxygen atoms in total. The molecule has 3 heteroatoms. The predicted molar refractivity (Wildman–Crippen MR) is 82.0 cm³/mol. The first-order valence-electron chi connectivity index (χ1n) is 6.37. The van der Waals surface area contributed by atoms with E-state index in [-0.39, 0.29) is 18.5 Å². The molecule has 0 spiro atoms. The lowest BCUT2D eigenvalue weighted by atomic mass is 10.1. The van der Waals surface area contributed by atoms with Crippen LogP contribution in [0.5, 0.6) is 5.75 Å². The van der Waals surface area contributed by atoms with E-state index in [0.29, 0.717) is 0 Å². The number of hydrogen-bond acceptors (Lipinski definition) is 2. The van der Waals surface area contributed by atoms with Crippen LogP contribution in [-0.4, -0.2) is 13.1 Å². The maximum atomic E-state index is 6.04. The smallest absolute Gasteiger partial charge is 0.136 e. The largest absolute Gasteiger partial charge is 0.484 e. The van der Waals surface area contributed by atoms with Gasteiger partial charge in [0.15, 0.2) is 0 Å². The Kier molecular flexibility index (Phi) is 7.01. The second-order valence-electron chi connectivity index (χ2n) is 4.14. The van der Waals surface area contributed by atoms with E-state index in [4.69, 9.17) is 4.74 Å². The summed E-state index contributed by atoms with van der Waals surface area (Å²) in [6.07, 6.45) is 0.0496. The van der Waals surface area contributed by atoms with Crippen LogP contribution >= 0.6 is 12.4 Å². The van der Waals surface area contributed by atoms with Gasteiger partial charge in [0.2, 0.25) is 0 Å². The molecule has 2 aromatic carbocycles. The minimum Gasteiger partial charge on any atom is -0.484 e. The van der Waals surface area contributed by atoms with Gasteiger partial charge in [0.1, 0.15) is 11.9 Å². The summed E-state index contributed by atoms with van der Waals surface area (Å²) in [5, 5.41) is 3.34. The molecule has 0 bridgehead atoms. The second kappa shape index (κ2) is 8.57. The van der Waals surface area contributed by atoms with Gasteiger partial charge < -0.3 is 10.1 Å². The van der Waals surface area contributed by atoms with E-state index in [2.05, 4.69) is 24.4 Å². The molecule has 2 rings (SSSR count). The summed E-state index contributed by atoms with van der Waals surface area (Å²) in [5.74, 6) is 0.907. The van der Waals surface area contributed by atoms with E-state index < -0.39 is 0 Å². The quantitative estimate of drug-likeness (QED) is 0.866. The Morgan fingerprint density at radius 3 is 2.11 bits per heavy atom. The maximum absolute atomic E-state index is 6.04. The number of likely N-dealkylation sites (N-methyl/N-ethyl adjacent to an activating group) is 1. The number of ether oxygens (including phenoxy) is 1. The molecule has 0 aliphatic heterocycles. The van der Waals surface area contributed by atoms with Crippen LogP contribution in [0.15, 0.2) is 60.7 Å². The van der Waals surface area contributed by atoms with E-state index in [1.165, 1.54) is 5.56 Å². The average Bonchev–Trinajstić information content (AvgIpc) is 2.45. The van der Waals surface area contributed by atoms with Gasteiger partial charge in [-0.25, -0.2) is 0 Å². The Morgan fingerprint density at radius 1 is 0.947 bits per heavy atom. The first-order chi connectivity index (χ1) is 8.90. The first-order valence-corrected chi connectivity index (χ1v) is 6.37. The third kappa shape index (κ3) is 4.93. The average molecular weight is 278 g/mol. The highest BCUT2D eigenvalue weighted by Gasteiger charge is 2.12. The monoisotopic (exact) mass is 277 g/mol. The van der Waals surface area contributed by atoms with Gasteiger partial charge in [-0.3, -0.25) is 0 Å². The van der Waals surface area contributed by atoms with Gasteiger partial charge in [0.05, 0.1) is 0 Å². The minimum absolute atomic E-state index is 0. The normalized spacial score (nSPS) is 11.4. The molecule has 0 aromatic heterocycles. The van der Waals surface area contributed by atoms with Crippen LogP contribution in [0.1, 0.15) is 18.6 Å². The Balaban J connectivity index is 0.00000180. The molecular weight excluding hydrogens is 258 g/mol. The molecule has 1 atom stereocenters. The molecule has 0 aliphatic carbocycles. The highest BCUT2D eigenvalue weighted by atomic mass is 35.5. The summed E-state index contributed by atoms with van der Waals surface area (Å²) < 4.78 is 6.04. The molecule has 0 fully saturated rings. The molecule has 2 aromatic rings. The van der Waals surface area contributed by atoms with Gasteiger partial charge in [-0.05, 0) is 24.2 Å². The van der Waals surface area contributed by atoms with E-state index >= 15 is 0 Å². The lowest BCUT2D eigenvalue weighted by Gasteiger charge is -2.20. The highest BCUT2D eigenvalue weighted by molar-refractivity contribution is 5.85. The fourth-order valence-electron chi connectivity index (χ4n) is 1.83. The topological polar surface area (TPSA) is 21.3 Å². The zero-order valence-electron chi connectivity index (χ0n) is 11.1. The number of para-hydroxylation sites is 1. The molecule has 0 aliphatic rings. The number of nitrogens with one attached hydrogen (secondary N) is 1. The Labute approximate surface area is 121 Å². The molecule has 0 saturated carbocycles. The zero-order chi connectivity index (χ0) is 12.6. The Hall–Kier alpha value is -1.51. The summed E-state index contributed by atoms with van der Waals surface area (Å²) in [7, 11) is 0. The molecule has 0 saturated heterocycles. The third-order valence-electron chi connectivity index (χ3n) is 2.77. The molecule has 0 amide bonds. The number of benzene rings is 2. The van der Waals surface area contributed by atoms with Crippen LogP contribution in [0.3, 0.4) is 0 Å². The predicted octanol–water partition coefficient (Wildman–Crippen LogP) is 3.84. The van der Waals surface area contributed by atoms with Crippen molar-refractivity contribution in [3.8, 4) is 5.75 Å². The Morgan fingerprint density at radius 2 is 1.53 bits per heavy atom. The molecule has 1 unspecified atom stereocenters. The fourth-order valence-corrected chi connectivity index (χ4v) is 1.83. The van der Waals surface area contributed by atoms with Crippen molar-refractivity contribution >= 4 is 12.4 Å².